The van der Waals surface area contributed by atoms with Crippen LogP contribution in [0.3, 0.4) is 0 Å². The summed E-state index contributed by atoms with van der Waals surface area (Å²) >= 11 is 0. The lowest BCUT2D eigenvalue weighted by atomic mass is 9.84. The van der Waals surface area contributed by atoms with E-state index in [2.05, 4.69) is 119 Å². The Morgan fingerprint density at radius 2 is 0.826 bits per heavy atom. The van der Waals surface area contributed by atoms with E-state index in [-0.39, 0.29) is 0 Å². The molecule has 0 aliphatic heterocycles. The van der Waals surface area contributed by atoms with Gasteiger partial charge in [-0.2, -0.15) is 10.5 Å². The Kier molecular flexibility index (Phi) is 6.53. The lowest BCUT2D eigenvalue weighted by molar-refractivity contribution is 1.31. The van der Waals surface area contributed by atoms with Crippen LogP contribution in [0.1, 0.15) is 11.1 Å². The Hall–Kier alpha value is -6.62. The van der Waals surface area contributed by atoms with Gasteiger partial charge in [-0.1, -0.05) is 84.9 Å². The van der Waals surface area contributed by atoms with E-state index in [1.54, 1.807) is 24.5 Å². The van der Waals surface area contributed by atoms with E-state index in [1.807, 2.05) is 24.3 Å². The van der Waals surface area contributed by atoms with Gasteiger partial charge in [0.1, 0.15) is 0 Å². The summed E-state index contributed by atoms with van der Waals surface area (Å²) < 4.78 is 0. The molecule has 46 heavy (non-hydrogen) atoms. The molecule has 0 aliphatic rings. The molecule has 0 aliphatic carbocycles. The Bertz CT molecular complexity index is 2390. The summed E-state index contributed by atoms with van der Waals surface area (Å²) in [6.07, 6.45) is 3.37. The zero-order valence-electron chi connectivity index (χ0n) is 24.6. The third-order valence-corrected chi connectivity index (χ3v) is 8.56. The second-order valence-corrected chi connectivity index (χ2v) is 11.3. The zero-order valence-corrected chi connectivity index (χ0v) is 24.6. The van der Waals surface area contributed by atoms with Crippen molar-refractivity contribution < 1.29 is 0 Å². The van der Waals surface area contributed by atoms with Crippen LogP contribution in [-0.4, -0.2) is 9.97 Å². The Morgan fingerprint density at radius 3 is 1.28 bits per heavy atom. The molecule has 0 spiro atoms. The molecule has 2 heterocycles. The molecule has 0 radical (unpaired) electrons. The molecule has 4 heteroatoms. The highest BCUT2D eigenvalue weighted by Crippen LogP contribution is 2.45. The van der Waals surface area contributed by atoms with Crippen molar-refractivity contribution in [2.75, 3.05) is 0 Å². The molecule has 0 amide bonds. The van der Waals surface area contributed by atoms with Crippen LogP contribution < -0.4 is 0 Å². The van der Waals surface area contributed by atoms with E-state index in [0.717, 1.165) is 66.3 Å². The first-order valence-corrected chi connectivity index (χ1v) is 15.0. The lowest BCUT2D eigenvalue weighted by Gasteiger charge is -2.19. The first-order valence-electron chi connectivity index (χ1n) is 15.0. The largest absolute Gasteiger partial charge is 0.256 e. The minimum absolute atomic E-state index is 0.582. The Labute approximate surface area is 266 Å². The van der Waals surface area contributed by atoms with Crippen molar-refractivity contribution in [1.82, 2.24) is 9.97 Å². The number of nitriles is 2. The fourth-order valence-electron chi connectivity index (χ4n) is 6.47. The number of nitrogens with zero attached hydrogens (tertiary/aromatic N) is 4. The maximum atomic E-state index is 9.50. The highest BCUT2D eigenvalue weighted by atomic mass is 14.7. The fraction of sp³-hybridized carbons (Fsp3) is 0. The molecular formula is C42H24N4. The third-order valence-electron chi connectivity index (χ3n) is 8.56. The maximum Gasteiger partial charge on any atom is 0.0992 e. The topological polar surface area (TPSA) is 73.4 Å². The number of fused-ring (bicyclic) bond motifs is 3. The molecule has 0 unspecified atom stereocenters. The quantitative estimate of drug-likeness (QED) is 0.193. The number of rotatable bonds is 4. The molecular weight excluding hydrogens is 560 g/mol. The molecule has 2 aromatic heterocycles. The van der Waals surface area contributed by atoms with Crippen molar-refractivity contribution in [1.29, 1.82) is 10.5 Å². The first-order chi connectivity index (χ1) is 22.7. The SMILES string of the molecule is N#Cc1ccnc(-c2cccc(-c3c4ccccc4c(-c4cccc(-c5cc(C#N)ccn5)c4)c4cc5ccccc5cc34)c2)c1. The minimum atomic E-state index is 0.582. The minimum Gasteiger partial charge on any atom is -0.256 e. The Morgan fingerprint density at radius 1 is 0.391 bits per heavy atom. The lowest BCUT2D eigenvalue weighted by Crippen LogP contribution is -1.93. The highest BCUT2D eigenvalue weighted by Gasteiger charge is 2.18. The van der Waals surface area contributed by atoms with Crippen molar-refractivity contribution in [3.8, 4) is 56.9 Å². The van der Waals surface area contributed by atoms with Gasteiger partial charge in [-0.15, -0.1) is 0 Å². The van der Waals surface area contributed by atoms with Crippen LogP contribution in [-0.2, 0) is 0 Å². The van der Waals surface area contributed by atoms with Crippen molar-refractivity contribution in [2.24, 2.45) is 0 Å². The second-order valence-electron chi connectivity index (χ2n) is 11.3. The molecule has 8 rings (SSSR count). The van der Waals surface area contributed by atoms with Crippen LogP contribution >= 0.6 is 0 Å². The molecule has 212 valence electrons. The number of hydrogen-bond acceptors (Lipinski definition) is 4. The van der Waals surface area contributed by atoms with Crippen molar-refractivity contribution in [3.05, 3.63) is 157 Å². The monoisotopic (exact) mass is 584 g/mol. The van der Waals surface area contributed by atoms with Crippen LogP contribution in [0.4, 0.5) is 0 Å². The molecule has 6 aromatic carbocycles. The predicted octanol–water partition coefficient (Wildman–Crippen LogP) is 10.3. The molecule has 0 bridgehead atoms. The van der Waals surface area contributed by atoms with Gasteiger partial charge in [0.05, 0.1) is 34.7 Å². The smallest absolute Gasteiger partial charge is 0.0992 e. The molecule has 0 saturated heterocycles. The van der Waals surface area contributed by atoms with Crippen molar-refractivity contribution >= 4 is 32.3 Å². The van der Waals surface area contributed by atoms with Gasteiger partial charge in [0.25, 0.3) is 0 Å². The molecule has 0 fully saturated rings. The standard InChI is InChI=1S/C42H24N4/c43-25-27-15-17-45-39(19-27)31-9-5-11-33(21-31)41-35-13-3-4-14-36(35)42(38-24-30-8-2-1-7-29(30)23-37(38)41)34-12-6-10-32(22-34)40-20-28(26-44)16-18-46-40/h1-24H. The fourth-order valence-corrected chi connectivity index (χ4v) is 6.47. The molecule has 0 saturated carbocycles. The van der Waals surface area contributed by atoms with E-state index in [4.69, 9.17) is 0 Å². The normalized spacial score (nSPS) is 11.0. The number of pyridine rings is 2. The summed E-state index contributed by atoms with van der Waals surface area (Å²) in [6, 6.07) is 50.1. The van der Waals surface area contributed by atoms with Gasteiger partial charge in [0, 0.05) is 23.5 Å². The average Bonchev–Trinajstić information content (AvgIpc) is 3.13. The van der Waals surface area contributed by atoms with Crippen molar-refractivity contribution in [2.45, 2.75) is 0 Å². The van der Waals surface area contributed by atoms with Gasteiger partial charge >= 0.3 is 0 Å². The van der Waals surface area contributed by atoms with E-state index in [9.17, 15) is 10.5 Å². The van der Waals surface area contributed by atoms with Crippen LogP contribution in [0, 0.1) is 22.7 Å². The number of hydrogen-bond donors (Lipinski definition) is 0. The van der Waals surface area contributed by atoms with E-state index in [1.165, 1.54) is 10.8 Å². The van der Waals surface area contributed by atoms with Gasteiger partial charge in [-0.3, -0.25) is 9.97 Å². The molecule has 0 N–H and O–H groups in total. The Balaban J connectivity index is 1.44. The second kappa shape index (κ2) is 11.1. The molecule has 4 nitrogen and oxygen atoms in total. The summed E-state index contributed by atoms with van der Waals surface area (Å²) in [5.41, 5.74) is 9.07. The van der Waals surface area contributed by atoms with E-state index < -0.39 is 0 Å². The number of benzene rings is 6. The van der Waals surface area contributed by atoms with Gasteiger partial charge in [-0.05, 0) is 103 Å². The first kappa shape index (κ1) is 27.0. The van der Waals surface area contributed by atoms with Crippen molar-refractivity contribution in [3.63, 3.8) is 0 Å². The third kappa shape index (κ3) is 4.63. The molecule has 8 aromatic rings. The van der Waals surface area contributed by atoms with Gasteiger partial charge in [0.15, 0.2) is 0 Å². The predicted molar refractivity (Wildman–Crippen MR) is 186 cm³/mol. The van der Waals surface area contributed by atoms with E-state index in [0.29, 0.717) is 11.1 Å². The summed E-state index contributed by atoms with van der Waals surface area (Å²) in [5.74, 6) is 0. The maximum absolute atomic E-state index is 9.50. The summed E-state index contributed by atoms with van der Waals surface area (Å²) in [5, 5.41) is 25.9. The average molecular weight is 585 g/mol. The van der Waals surface area contributed by atoms with Gasteiger partial charge in [-0.25, -0.2) is 0 Å². The summed E-state index contributed by atoms with van der Waals surface area (Å²) in [4.78, 5) is 9.16. The van der Waals surface area contributed by atoms with Crippen LogP contribution in [0.5, 0.6) is 0 Å². The van der Waals surface area contributed by atoms with Gasteiger partial charge < -0.3 is 0 Å². The summed E-state index contributed by atoms with van der Waals surface area (Å²) in [6.45, 7) is 0. The number of aromatic nitrogens is 2. The zero-order chi connectivity index (χ0) is 31.0. The highest BCUT2D eigenvalue weighted by molar-refractivity contribution is 6.23. The van der Waals surface area contributed by atoms with E-state index >= 15 is 0 Å². The van der Waals surface area contributed by atoms with Crippen LogP contribution in [0.2, 0.25) is 0 Å². The molecule has 0 atom stereocenters. The summed E-state index contributed by atoms with van der Waals surface area (Å²) in [7, 11) is 0. The van der Waals surface area contributed by atoms with Gasteiger partial charge in [0.2, 0.25) is 0 Å². The van der Waals surface area contributed by atoms with Crippen LogP contribution in [0.25, 0.3) is 77.1 Å². The van der Waals surface area contributed by atoms with Crippen LogP contribution in [0.15, 0.2) is 146 Å².